The molecule has 0 bridgehead atoms. The van der Waals surface area contributed by atoms with Crippen LogP contribution in [0.3, 0.4) is 0 Å². The van der Waals surface area contributed by atoms with Crippen LogP contribution in [0.1, 0.15) is 37.4 Å². The number of piperidine rings is 1. The highest BCUT2D eigenvalue weighted by molar-refractivity contribution is 5.81. The van der Waals surface area contributed by atoms with Crippen molar-refractivity contribution in [2.45, 2.75) is 43.8 Å². The molecular weight excluding hydrogens is 304 g/mol. The number of amides is 1. The molecule has 3 N–H and O–H groups in total. The van der Waals surface area contributed by atoms with E-state index in [4.69, 9.17) is 15.5 Å². The number of nitrogens with two attached hydrogens (primary N) is 1. The third kappa shape index (κ3) is 2.91. The van der Waals surface area contributed by atoms with Crippen molar-refractivity contribution >= 4 is 16.9 Å². The van der Waals surface area contributed by atoms with Crippen LogP contribution in [-0.2, 0) is 9.53 Å². The first-order chi connectivity index (χ1) is 11.7. The predicted octanol–water partition coefficient (Wildman–Crippen LogP) is 1.78. The largest absolute Gasteiger partial charge is 0.364 e. The Balaban J connectivity index is 1.37. The van der Waals surface area contributed by atoms with E-state index in [1.54, 1.807) is 0 Å². The Labute approximate surface area is 141 Å². The summed E-state index contributed by atoms with van der Waals surface area (Å²) < 4.78 is 5.74. The smallest absolute Gasteiger partial charge is 0.251 e. The van der Waals surface area contributed by atoms with E-state index in [-0.39, 0.29) is 18.1 Å². The van der Waals surface area contributed by atoms with Crippen LogP contribution in [0, 0.1) is 0 Å². The van der Waals surface area contributed by atoms with E-state index >= 15 is 0 Å². The number of carbonyl (C=O) groups is 1. The molecule has 2 fully saturated rings. The van der Waals surface area contributed by atoms with Crippen LogP contribution >= 0.6 is 0 Å². The van der Waals surface area contributed by atoms with E-state index in [1.165, 1.54) is 0 Å². The Hall–Kier alpha value is -1.92. The molecule has 3 heterocycles. The Morgan fingerprint density at radius 2 is 2.04 bits per heavy atom. The average molecular weight is 328 g/mol. The lowest BCUT2D eigenvalue weighted by Crippen LogP contribution is -2.43. The molecule has 24 heavy (non-hydrogen) atoms. The topological polar surface area (TPSA) is 84.2 Å². The number of aromatic amines is 1. The number of nitrogens with zero attached hydrogens (tertiary/aromatic N) is 2. The van der Waals surface area contributed by atoms with Gasteiger partial charge in [-0.05, 0) is 37.8 Å². The summed E-state index contributed by atoms with van der Waals surface area (Å²) in [7, 11) is 0. The SMILES string of the molecule is NC[C@H]1CC[C@@H](C(=O)N2CCC(c3nc4ccccc4[nH]3)CC2)O1. The van der Waals surface area contributed by atoms with Crippen LogP contribution in [0.5, 0.6) is 0 Å². The zero-order valence-electron chi connectivity index (χ0n) is 13.8. The number of rotatable bonds is 3. The van der Waals surface area contributed by atoms with Crippen LogP contribution in [0.4, 0.5) is 0 Å². The molecule has 4 rings (SSSR count). The molecule has 6 nitrogen and oxygen atoms in total. The zero-order chi connectivity index (χ0) is 16.5. The van der Waals surface area contributed by atoms with Crippen molar-refractivity contribution in [1.29, 1.82) is 0 Å². The minimum Gasteiger partial charge on any atom is -0.364 e. The second-order valence-corrected chi connectivity index (χ2v) is 6.80. The number of H-pyrrole nitrogens is 1. The fourth-order valence-electron chi connectivity index (χ4n) is 3.80. The Bertz CT molecular complexity index is 688. The molecule has 2 aliphatic heterocycles. The van der Waals surface area contributed by atoms with Crippen molar-refractivity contribution in [3.05, 3.63) is 30.1 Å². The van der Waals surface area contributed by atoms with Gasteiger partial charge in [-0.2, -0.15) is 0 Å². The summed E-state index contributed by atoms with van der Waals surface area (Å²) >= 11 is 0. The summed E-state index contributed by atoms with van der Waals surface area (Å²) in [6.45, 7) is 2.04. The highest BCUT2D eigenvalue weighted by atomic mass is 16.5. The molecule has 0 aliphatic carbocycles. The maximum Gasteiger partial charge on any atom is 0.251 e. The molecule has 0 saturated carbocycles. The number of carbonyl (C=O) groups excluding carboxylic acids is 1. The molecule has 0 radical (unpaired) electrons. The van der Waals surface area contributed by atoms with E-state index in [9.17, 15) is 4.79 Å². The Kier molecular flexibility index (Phi) is 4.24. The van der Waals surface area contributed by atoms with Gasteiger partial charge in [-0.3, -0.25) is 4.79 Å². The number of hydrogen-bond acceptors (Lipinski definition) is 4. The second kappa shape index (κ2) is 6.53. The van der Waals surface area contributed by atoms with Crippen molar-refractivity contribution < 1.29 is 9.53 Å². The average Bonchev–Trinajstić information content (AvgIpc) is 3.28. The lowest BCUT2D eigenvalue weighted by molar-refractivity contribution is -0.143. The van der Waals surface area contributed by atoms with Gasteiger partial charge in [-0.25, -0.2) is 4.98 Å². The van der Waals surface area contributed by atoms with Crippen LogP contribution in [0.25, 0.3) is 11.0 Å². The van der Waals surface area contributed by atoms with Gasteiger partial charge in [-0.1, -0.05) is 12.1 Å². The van der Waals surface area contributed by atoms with Gasteiger partial charge in [0, 0.05) is 25.6 Å². The molecule has 0 spiro atoms. The first kappa shape index (κ1) is 15.6. The van der Waals surface area contributed by atoms with Crippen LogP contribution < -0.4 is 5.73 Å². The molecule has 1 aromatic carbocycles. The highest BCUT2D eigenvalue weighted by Crippen LogP contribution is 2.29. The quantitative estimate of drug-likeness (QED) is 0.899. The minimum absolute atomic E-state index is 0.0482. The van der Waals surface area contributed by atoms with Crippen molar-refractivity contribution in [3.8, 4) is 0 Å². The predicted molar refractivity (Wildman–Crippen MR) is 91.6 cm³/mol. The molecule has 2 aliphatic rings. The number of imidazole rings is 1. The lowest BCUT2D eigenvalue weighted by Gasteiger charge is -2.32. The van der Waals surface area contributed by atoms with Crippen molar-refractivity contribution in [2.24, 2.45) is 5.73 Å². The number of nitrogens with one attached hydrogen (secondary N) is 1. The van der Waals surface area contributed by atoms with Crippen LogP contribution in [0.15, 0.2) is 24.3 Å². The molecule has 1 aromatic heterocycles. The molecule has 2 aromatic rings. The summed E-state index contributed by atoms with van der Waals surface area (Å²) in [6, 6.07) is 8.10. The van der Waals surface area contributed by atoms with Crippen molar-refractivity contribution in [3.63, 3.8) is 0 Å². The number of para-hydroxylation sites is 2. The van der Waals surface area contributed by atoms with Gasteiger partial charge in [-0.15, -0.1) is 0 Å². The van der Waals surface area contributed by atoms with Gasteiger partial charge >= 0.3 is 0 Å². The number of benzene rings is 1. The summed E-state index contributed by atoms with van der Waals surface area (Å²) in [6.07, 6.45) is 3.33. The fourth-order valence-corrected chi connectivity index (χ4v) is 3.80. The summed E-state index contributed by atoms with van der Waals surface area (Å²) in [5.41, 5.74) is 7.72. The maximum absolute atomic E-state index is 12.6. The maximum atomic E-state index is 12.6. The van der Waals surface area contributed by atoms with Crippen molar-refractivity contribution in [1.82, 2.24) is 14.9 Å². The number of aromatic nitrogens is 2. The summed E-state index contributed by atoms with van der Waals surface area (Å²) in [4.78, 5) is 22.7. The molecular formula is C18H24N4O2. The van der Waals surface area contributed by atoms with Crippen LogP contribution in [0.2, 0.25) is 0 Å². The van der Waals surface area contributed by atoms with Gasteiger partial charge < -0.3 is 20.4 Å². The van der Waals surface area contributed by atoms with Gasteiger partial charge in [0.2, 0.25) is 0 Å². The summed E-state index contributed by atoms with van der Waals surface area (Å²) in [5.74, 6) is 1.57. The first-order valence-corrected chi connectivity index (χ1v) is 8.83. The molecule has 1 amide bonds. The number of ether oxygens (including phenoxy) is 1. The van der Waals surface area contributed by atoms with E-state index in [0.717, 1.165) is 55.6 Å². The third-order valence-electron chi connectivity index (χ3n) is 5.25. The number of likely N-dealkylation sites (tertiary alicyclic amines) is 1. The molecule has 2 atom stereocenters. The number of fused-ring (bicyclic) bond motifs is 1. The van der Waals surface area contributed by atoms with Gasteiger partial charge in [0.1, 0.15) is 11.9 Å². The van der Waals surface area contributed by atoms with Crippen LogP contribution in [-0.4, -0.2) is 52.6 Å². The summed E-state index contributed by atoms with van der Waals surface area (Å²) in [5, 5.41) is 0. The third-order valence-corrected chi connectivity index (χ3v) is 5.25. The highest BCUT2D eigenvalue weighted by Gasteiger charge is 2.34. The Morgan fingerprint density at radius 1 is 1.25 bits per heavy atom. The standard InChI is InChI=1S/C18H24N4O2/c19-11-13-5-6-16(24-13)18(23)22-9-7-12(8-10-22)17-20-14-3-1-2-4-15(14)21-17/h1-4,12-13,16H,5-11,19H2,(H,20,21)/t13-,16+/m1/s1. The fraction of sp³-hybridized carbons (Fsp3) is 0.556. The normalized spacial score (nSPS) is 25.5. The first-order valence-electron chi connectivity index (χ1n) is 8.83. The van der Waals surface area contributed by atoms with E-state index in [2.05, 4.69) is 11.1 Å². The van der Waals surface area contributed by atoms with Gasteiger partial charge in [0.15, 0.2) is 0 Å². The lowest BCUT2D eigenvalue weighted by atomic mass is 9.95. The molecule has 0 unspecified atom stereocenters. The van der Waals surface area contributed by atoms with E-state index < -0.39 is 0 Å². The Morgan fingerprint density at radius 3 is 2.75 bits per heavy atom. The van der Waals surface area contributed by atoms with Crippen molar-refractivity contribution in [2.75, 3.05) is 19.6 Å². The monoisotopic (exact) mass is 328 g/mol. The van der Waals surface area contributed by atoms with Gasteiger partial charge in [0.05, 0.1) is 17.1 Å². The molecule has 6 heteroatoms. The number of hydrogen-bond donors (Lipinski definition) is 2. The van der Waals surface area contributed by atoms with Gasteiger partial charge in [0.25, 0.3) is 5.91 Å². The zero-order valence-corrected chi connectivity index (χ0v) is 13.8. The van der Waals surface area contributed by atoms with E-state index in [0.29, 0.717) is 12.5 Å². The molecule has 2 saturated heterocycles. The van der Waals surface area contributed by atoms with E-state index in [1.807, 2.05) is 23.1 Å². The second-order valence-electron chi connectivity index (χ2n) is 6.80. The molecule has 128 valence electrons. The minimum atomic E-state index is -0.290.